The van der Waals surface area contributed by atoms with Crippen molar-refractivity contribution in [2.45, 2.75) is 38.9 Å². The summed E-state index contributed by atoms with van der Waals surface area (Å²) in [7, 11) is -1.68. The second-order valence-corrected chi connectivity index (χ2v) is 9.89. The Morgan fingerprint density at radius 2 is 1.93 bits per heavy atom. The maximum absolute atomic E-state index is 10.9. The smallest absolute Gasteiger partial charge is 0.192 e. The maximum Gasteiger partial charge on any atom is 0.192 e. The molecule has 0 unspecified atom stereocenters. The molecule has 0 heterocycles. The second-order valence-electron chi connectivity index (χ2n) is 5.08. The van der Waals surface area contributed by atoms with Crippen LogP contribution in [0.15, 0.2) is 24.8 Å². The fourth-order valence-corrected chi connectivity index (χ4v) is 1.65. The molecule has 0 fully saturated rings. The topological polar surface area (TPSA) is 26.3 Å². The van der Waals surface area contributed by atoms with Crippen LogP contribution in [-0.2, 0) is 9.22 Å². The lowest BCUT2D eigenvalue weighted by Gasteiger charge is -2.35. The highest BCUT2D eigenvalue weighted by Gasteiger charge is 2.36. The molecule has 0 N–H and O–H groups in total. The van der Waals surface area contributed by atoms with Crippen molar-refractivity contribution in [2.75, 3.05) is 6.61 Å². The van der Waals surface area contributed by atoms with Crippen LogP contribution in [0.2, 0.25) is 18.1 Å². The molecule has 0 aliphatic carbocycles. The Morgan fingerprint density at radius 3 is 2.33 bits per heavy atom. The molecular weight excluding hydrogens is 204 g/mol. The van der Waals surface area contributed by atoms with E-state index in [1.807, 2.05) is 0 Å². The molecule has 0 radical (unpaired) electrons. The zero-order chi connectivity index (χ0) is 12.1. The number of hydrogen-bond donors (Lipinski definition) is 0. The molecule has 3 heteroatoms. The number of ketones is 1. The van der Waals surface area contributed by atoms with Crippen LogP contribution < -0.4 is 0 Å². The first-order valence-corrected chi connectivity index (χ1v) is 8.08. The van der Waals surface area contributed by atoms with Gasteiger partial charge in [-0.05, 0) is 30.3 Å². The number of hydrogen-bond acceptors (Lipinski definition) is 2. The van der Waals surface area contributed by atoms with Gasteiger partial charge in [-0.2, -0.15) is 0 Å². The molecule has 0 saturated heterocycles. The summed E-state index contributed by atoms with van der Waals surface area (Å²) < 4.78 is 5.85. The Morgan fingerprint density at radius 1 is 1.40 bits per heavy atom. The maximum atomic E-state index is 10.9. The summed E-state index contributed by atoms with van der Waals surface area (Å²) in [6.45, 7) is 14.9. The Hall–Kier alpha value is -0.673. The van der Waals surface area contributed by atoms with E-state index in [1.165, 1.54) is 12.2 Å². The van der Waals surface area contributed by atoms with Crippen molar-refractivity contribution in [1.82, 2.24) is 0 Å². The molecule has 86 valence electrons. The van der Waals surface area contributed by atoms with E-state index in [1.54, 1.807) is 6.08 Å². The first-order chi connectivity index (χ1) is 6.70. The SMILES string of the molecule is C=CC(=O)/C=C/CO[Si](C)(C)C(C)(C)C. The summed E-state index contributed by atoms with van der Waals surface area (Å²) in [6, 6.07) is 0. The molecule has 0 bridgehead atoms. The molecule has 2 nitrogen and oxygen atoms in total. The van der Waals surface area contributed by atoms with Gasteiger partial charge in [-0.15, -0.1) is 0 Å². The monoisotopic (exact) mass is 226 g/mol. The van der Waals surface area contributed by atoms with Crippen molar-refractivity contribution >= 4 is 14.1 Å². The highest BCUT2D eigenvalue weighted by atomic mass is 28.4. The average Bonchev–Trinajstić information content (AvgIpc) is 2.10. The molecule has 0 spiro atoms. The van der Waals surface area contributed by atoms with Crippen molar-refractivity contribution in [3.63, 3.8) is 0 Å². The van der Waals surface area contributed by atoms with Crippen LogP contribution >= 0.6 is 0 Å². The highest BCUT2D eigenvalue weighted by Crippen LogP contribution is 2.36. The van der Waals surface area contributed by atoms with Gasteiger partial charge >= 0.3 is 0 Å². The van der Waals surface area contributed by atoms with Crippen molar-refractivity contribution in [1.29, 1.82) is 0 Å². The summed E-state index contributed by atoms with van der Waals surface area (Å²) in [5.41, 5.74) is 0. The van der Waals surface area contributed by atoms with Gasteiger partial charge in [0.1, 0.15) is 0 Å². The zero-order valence-electron chi connectivity index (χ0n) is 10.5. The molecular formula is C12H22O2Si. The Labute approximate surface area is 94.2 Å². The molecule has 0 aromatic heterocycles. The van der Waals surface area contributed by atoms with Crippen LogP contribution in [-0.4, -0.2) is 20.7 Å². The van der Waals surface area contributed by atoms with E-state index < -0.39 is 8.32 Å². The van der Waals surface area contributed by atoms with Crippen molar-refractivity contribution in [3.05, 3.63) is 24.8 Å². The van der Waals surface area contributed by atoms with Crippen LogP contribution in [0.25, 0.3) is 0 Å². The molecule has 0 saturated carbocycles. The van der Waals surface area contributed by atoms with Gasteiger partial charge in [0.25, 0.3) is 0 Å². The third kappa shape index (κ3) is 5.09. The minimum absolute atomic E-state index is 0.0752. The lowest BCUT2D eigenvalue weighted by molar-refractivity contribution is -0.110. The standard InChI is InChI=1S/C12H22O2Si/c1-7-11(13)9-8-10-14-15(5,6)12(2,3)4/h7-9H,1,10H2,2-6H3/b9-8+. The lowest BCUT2D eigenvalue weighted by atomic mass is 10.2. The lowest BCUT2D eigenvalue weighted by Crippen LogP contribution is -2.40. The molecule has 0 rings (SSSR count). The molecule has 0 aliphatic heterocycles. The van der Waals surface area contributed by atoms with E-state index in [-0.39, 0.29) is 10.8 Å². The van der Waals surface area contributed by atoms with Crippen molar-refractivity contribution in [3.8, 4) is 0 Å². The average molecular weight is 226 g/mol. The summed E-state index contributed by atoms with van der Waals surface area (Å²) in [5, 5.41) is 0.212. The minimum atomic E-state index is -1.68. The van der Waals surface area contributed by atoms with Gasteiger partial charge in [-0.3, -0.25) is 4.79 Å². The molecule has 0 atom stereocenters. The first-order valence-electron chi connectivity index (χ1n) is 5.17. The van der Waals surface area contributed by atoms with E-state index in [0.717, 1.165) is 0 Å². The van der Waals surface area contributed by atoms with E-state index in [0.29, 0.717) is 6.61 Å². The van der Waals surface area contributed by atoms with Gasteiger partial charge in [0.15, 0.2) is 14.1 Å². The van der Waals surface area contributed by atoms with Crippen LogP contribution in [0.3, 0.4) is 0 Å². The quantitative estimate of drug-likeness (QED) is 0.531. The molecule has 0 amide bonds. The van der Waals surface area contributed by atoms with Gasteiger partial charge < -0.3 is 4.43 Å². The molecule has 0 aromatic carbocycles. The third-order valence-electron chi connectivity index (χ3n) is 2.83. The third-order valence-corrected chi connectivity index (χ3v) is 7.33. The van der Waals surface area contributed by atoms with Crippen LogP contribution in [0.5, 0.6) is 0 Å². The van der Waals surface area contributed by atoms with Crippen molar-refractivity contribution in [2.24, 2.45) is 0 Å². The molecule has 15 heavy (non-hydrogen) atoms. The largest absolute Gasteiger partial charge is 0.413 e. The van der Waals surface area contributed by atoms with Gasteiger partial charge in [-0.25, -0.2) is 0 Å². The number of rotatable bonds is 5. The molecule has 0 aromatic rings. The normalized spacial score (nSPS) is 13.1. The van der Waals surface area contributed by atoms with E-state index in [9.17, 15) is 4.79 Å². The predicted octanol–water partition coefficient (Wildman–Crippen LogP) is 3.32. The Kier molecular flexibility index (Phi) is 5.18. The summed E-state index contributed by atoms with van der Waals surface area (Å²) in [6.07, 6.45) is 4.55. The minimum Gasteiger partial charge on any atom is -0.413 e. The Bertz CT molecular complexity index is 259. The predicted molar refractivity (Wildman–Crippen MR) is 67.5 cm³/mol. The van der Waals surface area contributed by atoms with E-state index in [2.05, 4.69) is 40.4 Å². The van der Waals surface area contributed by atoms with Gasteiger partial charge in [0.2, 0.25) is 0 Å². The highest BCUT2D eigenvalue weighted by molar-refractivity contribution is 6.74. The summed E-state index contributed by atoms with van der Waals surface area (Å²) in [5.74, 6) is -0.0752. The fourth-order valence-electron chi connectivity index (χ4n) is 0.705. The molecule has 0 aliphatic rings. The van der Waals surface area contributed by atoms with E-state index >= 15 is 0 Å². The second kappa shape index (κ2) is 5.42. The summed E-state index contributed by atoms with van der Waals surface area (Å²) >= 11 is 0. The van der Waals surface area contributed by atoms with Crippen LogP contribution in [0.4, 0.5) is 0 Å². The van der Waals surface area contributed by atoms with Gasteiger partial charge in [0.05, 0.1) is 6.61 Å². The number of carbonyl (C=O) groups excluding carboxylic acids is 1. The fraction of sp³-hybridized carbons (Fsp3) is 0.583. The number of carbonyl (C=O) groups is 1. The summed E-state index contributed by atoms with van der Waals surface area (Å²) in [4.78, 5) is 10.9. The van der Waals surface area contributed by atoms with Crippen molar-refractivity contribution < 1.29 is 9.22 Å². The van der Waals surface area contributed by atoms with E-state index in [4.69, 9.17) is 4.43 Å². The Balaban J connectivity index is 4.12. The number of allylic oxidation sites excluding steroid dienone is 2. The van der Waals surface area contributed by atoms with Gasteiger partial charge in [-0.1, -0.05) is 33.4 Å². The van der Waals surface area contributed by atoms with Crippen LogP contribution in [0, 0.1) is 0 Å². The zero-order valence-corrected chi connectivity index (χ0v) is 11.5. The van der Waals surface area contributed by atoms with Crippen LogP contribution in [0.1, 0.15) is 20.8 Å². The van der Waals surface area contributed by atoms with Gasteiger partial charge in [0, 0.05) is 0 Å². The first kappa shape index (κ1) is 14.3.